The Kier molecular flexibility index (Phi) is 4.28. The normalized spacial score (nSPS) is 11.1. The molecule has 0 rings (SSSR count). The van der Waals surface area contributed by atoms with Crippen molar-refractivity contribution < 1.29 is 0 Å². The van der Waals surface area contributed by atoms with E-state index in [2.05, 4.69) is 26.7 Å². The molecular weight excluding hydrogens is 122 g/mol. The first kappa shape index (κ1) is 7.86. The van der Waals surface area contributed by atoms with Crippen molar-refractivity contribution in [3.8, 4) is 0 Å². The molecule has 0 aliphatic rings. The van der Waals surface area contributed by atoms with E-state index in [0.717, 1.165) is 0 Å². The Balaban J connectivity index is 2.95. The predicted molar refractivity (Wildman–Crippen MR) is 42.4 cm³/mol. The Hall–Kier alpha value is 0.860. The number of rotatable bonds is 2. The van der Waals surface area contributed by atoms with E-state index in [4.69, 9.17) is 0 Å². The second kappa shape index (κ2) is 3.81. The van der Waals surface area contributed by atoms with Gasteiger partial charge in [-0.2, -0.15) is 0 Å². The lowest BCUT2D eigenvalue weighted by molar-refractivity contribution is 1.95. The zero-order chi connectivity index (χ0) is 5.86. The maximum absolute atomic E-state index is 2.34. The summed E-state index contributed by atoms with van der Waals surface area (Å²) in [4.78, 5) is 0. The predicted octanol–water partition coefficient (Wildman–Crippen LogP) is 2.43. The van der Waals surface area contributed by atoms with Gasteiger partial charge in [0, 0.05) is 0 Å². The molecule has 0 aromatic carbocycles. The lowest BCUT2D eigenvalue weighted by Gasteiger charge is -2.07. The highest BCUT2D eigenvalue weighted by molar-refractivity contribution is 7.73. The maximum Gasteiger partial charge on any atom is -0.0130 e. The van der Waals surface area contributed by atoms with Gasteiger partial charge >= 0.3 is 0 Å². The molecular formula is C5H14P2. The third-order valence-electron chi connectivity index (χ3n) is 0.566. The van der Waals surface area contributed by atoms with Crippen molar-refractivity contribution in [2.45, 2.75) is 0 Å². The van der Waals surface area contributed by atoms with Crippen LogP contribution in [0.3, 0.4) is 0 Å². The fourth-order valence-electron chi connectivity index (χ4n) is 0.566. The first-order valence-electron chi connectivity index (χ1n) is 2.42. The van der Waals surface area contributed by atoms with Crippen LogP contribution in [-0.4, -0.2) is 32.6 Å². The van der Waals surface area contributed by atoms with Gasteiger partial charge in [0.15, 0.2) is 0 Å². The van der Waals surface area contributed by atoms with E-state index in [0.29, 0.717) is 15.8 Å². The van der Waals surface area contributed by atoms with Gasteiger partial charge in [0.05, 0.1) is 0 Å². The summed E-state index contributed by atoms with van der Waals surface area (Å²) in [6, 6.07) is 0. The fourth-order valence-corrected chi connectivity index (χ4v) is 5.09. The molecule has 0 unspecified atom stereocenters. The van der Waals surface area contributed by atoms with Gasteiger partial charge in [-0.3, -0.25) is 0 Å². The van der Waals surface area contributed by atoms with Crippen LogP contribution in [-0.2, 0) is 0 Å². The third-order valence-corrected chi connectivity index (χ3v) is 5.09. The van der Waals surface area contributed by atoms with Gasteiger partial charge in [0.1, 0.15) is 0 Å². The summed E-state index contributed by atoms with van der Waals surface area (Å²) in [6.07, 6.45) is 0. The summed E-state index contributed by atoms with van der Waals surface area (Å²) in [5, 5.41) is 0. The third kappa shape index (κ3) is 6.86. The first-order valence-corrected chi connectivity index (χ1v) is 7.26. The van der Waals surface area contributed by atoms with Crippen LogP contribution in [0.2, 0.25) is 0 Å². The molecule has 0 aromatic heterocycles. The Morgan fingerprint density at radius 3 is 1.14 bits per heavy atom. The van der Waals surface area contributed by atoms with Crippen molar-refractivity contribution in [1.29, 1.82) is 0 Å². The molecule has 0 atom stereocenters. The molecule has 2 heteroatoms. The van der Waals surface area contributed by atoms with Crippen LogP contribution < -0.4 is 0 Å². The maximum atomic E-state index is 2.34. The van der Waals surface area contributed by atoms with Crippen molar-refractivity contribution in [3.05, 3.63) is 0 Å². The molecule has 0 aliphatic heterocycles. The average molecular weight is 136 g/mol. The van der Waals surface area contributed by atoms with E-state index in [1.807, 2.05) is 0 Å². The molecule has 44 valence electrons. The minimum Gasteiger partial charge on any atom is -0.109 e. The summed E-state index contributed by atoms with van der Waals surface area (Å²) in [5.74, 6) is 1.49. The molecule has 0 bridgehead atoms. The van der Waals surface area contributed by atoms with Gasteiger partial charge in [-0.1, -0.05) is 0 Å². The van der Waals surface area contributed by atoms with Crippen LogP contribution in [0.4, 0.5) is 0 Å². The molecule has 0 amide bonds. The smallest absolute Gasteiger partial charge is 0.0130 e. The van der Waals surface area contributed by atoms with E-state index in [9.17, 15) is 0 Å². The van der Waals surface area contributed by atoms with Crippen molar-refractivity contribution in [1.82, 2.24) is 0 Å². The second-order valence-electron chi connectivity index (χ2n) is 2.30. The topological polar surface area (TPSA) is 0 Å². The molecule has 0 aliphatic carbocycles. The van der Waals surface area contributed by atoms with Gasteiger partial charge in [0.2, 0.25) is 0 Å². The van der Waals surface area contributed by atoms with Crippen molar-refractivity contribution in [2.24, 2.45) is 0 Å². The highest BCUT2D eigenvalue weighted by Crippen LogP contribution is 2.40. The molecule has 0 heterocycles. The molecule has 0 nitrogen and oxygen atoms in total. The lowest BCUT2D eigenvalue weighted by atomic mass is 11.8. The molecule has 0 radical (unpaired) electrons. The van der Waals surface area contributed by atoms with Gasteiger partial charge in [-0.15, -0.1) is 15.8 Å². The van der Waals surface area contributed by atoms with Crippen LogP contribution in [0.15, 0.2) is 0 Å². The van der Waals surface area contributed by atoms with E-state index >= 15 is 0 Å². The van der Waals surface area contributed by atoms with Crippen LogP contribution >= 0.6 is 15.8 Å². The Morgan fingerprint density at radius 2 is 1.14 bits per heavy atom. The summed E-state index contributed by atoms with van der Waals surface area (Å²) < 4.78 is 0. The van der Waals surface area contributed by atoms with Crippen LogP contribution in [0, 0.1) is 0 Å². The van der Waals surface area contributed by atoms with Gasteiger partial charge in [-0.25, -0.2) is 0 Å². The van der Waals surface area contributed by atoms with Gasteiger partial charge < -0.3 is 0 Å². The van der Waals surface area contributed by atoms with E-state index < -0.39 is 0 Å². The zero-order valence-corrected chi connectivity index (χ0v) is 7.39. The minimum atomic E-state index is 0.389. The molecule has 0 aromatic rings. The first-order chi connectivity index (χ1) is 3.13. The monoisotopic (exact) mass is 136 g/mol. The van der Waals surface area contributed by atoms with Crippen LogP contribution in [0.5, 0.6) is 0 Å². The molecule has 0 saturated carbocycles. The quantitative estimate of drug-likeness (QED) is 0.511. The fraction of sp³-hybridized carbons (Fsp3) is 1.00. The Bertz CT molecular complexity index is 35.3. The second-order valence-corrected chi connectivity index (χ2v) is 7.75. The standard InChI is InChI=1S/C5H14P2/c1-6(2)5-7(3)4/h5H2,1-4H3. The summed E-state index contributed by atoms with van der Waals surface area (Å²) in [5.41, 5.74) is 0. The molecule has 0 saturated heterocycles. The molecule has 0 spiro atoms. The van der Waals surface area contributed by atoms with Crippen molar-refractivity contribution in [2.75, 3.05) is 32.6 Å². The molecule has 7 heavy (non-hydrogen) atoms. The van der Waals surface area contributed by atoms with E-state index in [-0.39, 0.29) is 0 Å². The Morgan fingerprint density at radius 1 is 0.857 bits per heavy atom. The minimum absolute atomic E-state index is 0.389. The van der Waals surface area contributed by atoms with Gasteiger partial charge in [-0.05, 0) is 32.6 Å². The highest BCUT2D eigenvalue weighted by Gasteiger charge is 1.93. The Labute approximate surface area is 49.2 Å². The van der Waals surface area contributed by atoms with Gasteiger partial charge in [0.25, 0.3) is 0 Å². The molecule has 0 fully saturated rings. The average Bonchev–Trinajstić information content (AvgIpc) is 1.27. The largest absolute Gasteiger partial charge is 0.109 e. The highest BCUT2D eigenvalue weighted by atomic mass is 31.2. The van der Waals surface area contributed by atoms with Crippen LogP contribution in [0.1, 0.15) is 0 Å². The zero-order valence-electron chi connectivity index (χ0n) is 5.60. The summed E-state index contributed by atoms with van der Waals surface area (Å²) in [7, 11) is 0.778. The van der Waals surface area contributed by atoms with Crippen molar-refractivity contribution >= 4 is 15.8 Å². The van der Waals surface area contributed by atoms with E-state index in [1.54, 1.807) is 0 Å². The SMILES string of the molecule is CP(C)CP(C)C. The number of hydrogen-bond donors (Lipinski definition) is 0. The van der Waals surface area contributed by atoms with Crippen LogP contribution in [0.25, 0.3) is 0 Å². The molecule has 0 N–H and O–H groups in total. The number of hydrogen-bond acceptors (Lipinski definition) is 0. The summed E-state index contributed by atoms with van der Waals surface area (Å²) >= 11 is 0. The lowest BCUT2D eigenvalue weighted by Crippen LogP contribution is -1.74. The van der Waals surface area contributed by atoms with Crippen molar-refractivity contribution in [3.63, 3.8) is 0 Å². The summed E-state index contributed by atoms with van der Waals surface area (Å²) in [6.45, 7) is 9.38. The van der Waals surface area contributed by atoms with E-state index in [1.165, 1.54) is 5.90 Å².